The highest BCUT2D eigenvalue weighted by Crippen LogP contribution is 2.58. The van der Waals surface area contributed by atoms with Gasteiger partial charge in [0.2, 0.25) is 0 Å². The lowest BCUT2D eigenvalue weighted by atomic mass is 9.70. The summed E-state index contributed by atoms with van der Waals surface area (Å²) in [4.78, 5) is 0. The summed E-state index contributed by atoms with van der Waals surface area (Å²) in [5.74, 6) is 0. The Morgan fingerprint density at radius 2 is 0.457 bits per heavy atom. The molecule has 0 amide bonds. The third kappa shape index (κ3) is 21.1. The van der Waals surface area contributed by atoms with Gasteiger partial charge in [-0.1, -0.05) is 365 Å². The number of rotatable bonds is 36. The van der Waals surface area contributed by atoms with Crippen LogP contribution in [0.5, 0.6) is 0 Å². The van der Waals surface area contributed by atoms with E-state index in [-0.39, 0.29) is 10.8 Å². The molecule has 13 rings (SSSR count). The van der Waals surface area contributed by atoms with Crippen molar-refractivity contribution in [2.45, 2.75) is 218 Å². The fourth-order valence-corrected chi connectivity index (χ4v) is 17.0. The lowest BCUT2D eigenvalue weighted by Crippen LogP contribution is -2.25. The number of benzene rings is 11. The molecule has 3 nitrogen and oxygen atoms in total. The molecule has 4 N–H and O–H groups in total. The summed E-state index contributed by atoms with van der Waals surface area (Å²) in [5, 5.41) is 7.12. The zero-order chi connectivity index (χ0) is 72.9. The molecule has 2 aliphatic carbocycles. The Kier molecular flexibility index (Phi) is 30.0. The Morgan fingerprint density at radius 1 is 0.238 bits per heavy atom. The van der Waals surface area contributed by atoms with Crippen molar-refractivity contribution in [1.29, 1.82) is 0 Å². The summed E-state index contributed by atoms with van der Waals surface area (Å²) in [6, 6.07) is 95.5. The van der Waals surface area contributed by atoms with E-state index in [0.29, 0.717) is 0 Å². The second kappa shape index (κ2) is 40.5. The minimum atomic E-state index is 0.00973. The van der Waals surface area contributed by atoms with E-state index < -0.39 is 0 Å². The Balaban J connectivity index is 0.000000196. The molecule has 11 aromatic rings. The molecule has 0 aliphatic heterocycles. The van der Waals surface area contributed by atoms with Crippen LogP contribution >= 0.6 is 31.9 Å². The molecular formula is C100H115Br2N3. The predicted octanol–water partition coefficient (Wildman–Crippen LogP) is 31.9. The fraction of sp³-hybridized carbons (Fsp3) is 0.340. The van der Waals surface area contributed by atoms with Gasteiger partial charge in [-0.15, -0.1) is 0 Å². The molecule has 0 aromatic heterocycles. The molecule has 0 bridgehead atoms. The monoisotopic (exact) mass is 1520 g/mol. The molecule has 0 heterocycles. The molecule has 544 valence electrons. The zero-order valence-electron chi connectivity index (χ0n) is 63.5. The van der Waals surface area contributed by atoms with Crippen molar-refractivity contribution in [1.82, 2.24) is 0 Å². The van der Waals surface area contributed by atoms with Crippen LogP contribution in [0, 0.1) is 0 Å². The average Bonchev–Trinajstić information content (AvgIpc) is 1.55. The van der Waals surface area contributed by atoms with E-state index in [1.165, 1.54) is 247 Å². The minimum absolute atomic E-state index is 0.00973. The Hall–Kier alpha value is -8.22. The topological polar surface area (TPSA) is 50.1 Å². The molecule has 0 atom stereocenters. The van der Waals surface area contributed by atoms with Gasteiger partial charge in [0.25, 0.3) is 0 Å². The Labute approximate surface area is 649 Å². The molecule has 0 radical (unpaired) electrons. The number of halogens is 2. The predicted molar refractivity (Wildman–Crippen MR) is 465 cm³/mol. The first-order valence-electron chi connectivity index (χ1n) is 40.4. The number of unbranched alkanes of at least 4 members (excludes halogenated alkanes) is 20. The van der Waals surface area contributed by atoms with Gasteiger partial charge in [0, 0.05) is 48.2 Å². The van der Waals surface area contributed by atoms with Gasteiger partial charge < -0.3 is 16.4 Å². The van der Waals surface area contributed by atoms with Crippen LogP contribution < -0.4 is 16.4 Å². The van der Waals surface area contributed by atoms with Crippen molar-refractivity contribution in [3.8, 4) is 66.8 Å². The average molecular weight is 1520 g/mol. The van der Waals surface area contributed by atoms with Crippen molar-refractivity contribution in [2.75, 3.05) is 16.4 Å². The summed E-state index contributed by atoms with van der Waals surface area (Å²) < 4.78 is 2.26. The van der Waals surface area contributed by atoms with Gasteiger partial charge in [-0.05, 0) is 224 Å². The number of nitrogen functional groups attached to an aromatic ring is 1. The van der Waals surface area contributed by atoms with Crippen molar-refractivity contribution in [3.63, 3.8) is 0 Å². The molecule has 105 heavy (non-hydrogen) atoms. The summed E-state index contributed by atoms with van der Waals surface area (Å²) >= 11 is 7.27. The zero-order valence-corrected chi connectivity index (χ0v) is 66.6. The second-order valence-corrected chi connectivity index (χ2v) is 31.7. The number of fused-ring (bicyclic) bond motifs is 6. The van der Waals surface area contributed by atoms with E-state index in [4.69, 9.17) is 5.73 Å². The SMILES string of the molecule is CCCCCCCCC1(CCCCCCCC)c2cc(-c3ccc(Br)cc3)ccc2-c2ccc(-c3ccc(Br)cc3)cc21.CCCCCCCCC1(CCCCCCCC)c2cc(-c3ccc(Nc4ccccc4)cc3)ccc2-c2ccc(-c3ccc(Nc4ccccc4)cc3)cc21.Nc1ccccc1. The standard InChI is InChI=1S/C53H60N2.C41H48Br2.C6H7N/c1-3-5-7-9-11-19-37-53(38-20-12-10-8-6-4-2)51-39-43(41-25-31-47(32-26-41)54-45-21-15-13-16-22-45)29-35-49(51)50-36-30-44(40-52(50)53)42-27-33-48(34-28-42)55-46-23-17-14-18-24-46;1-3-5-7-9-11-13-27-41(28-14-12-10-8-6-4-2)39-29-33(31-15-21-35(42)22-16-31)19-25-37(39)38-26-20-34(30-40(38)41)32-17-23-36(43)24-18-32;7-6-4-2-1-3-5-6/h13-18,21-36,39-40,54-55H,3-12,19-20,37-38H2,1-2H3;15-26,29-30H,3-14,27-28H2,1-2H3;1-5H,7H2. The third-order valence-electron chi connectivity index (χ3n) is 22.3. The molecule has 2 aliphatic rings. The lowest BCUT2D eigenvalue weighted by molar-refractivity contribution is 0.398. The Bertz CT molecular complexity index is 4110. The van der Waals surface area contributed by atoms with E-state index in [2.05, 4.69) is 301 Å². The van der Waals surface area contributed by atoms with E-state index in [0.717, 1.165) is 37.4 Å². The van der Waals surface area contributed by atoms with E-state index in [9.17, 15) is 0 Å². The van der Waals surface area contributed by atoms with Gasteiger partial charge in [0.15, 0.2) is 0 Å². The normalized spacial score (nSPS) is 12.6. The fourth-order valence-electron chi connectivity index (χ4n) is 16.5. The van der Waals surface area contributed by atoms with Crippen LogP contribution in [0.15, 0.2) is 270 Å². The maximum absolute atomic E-state index is 5.36. The van der Waals surface area contributed by atoms with E-state index in [1.54, 1.807) is 22.3 Å². The summed E-state index contributed by atoms with van der Waals surface area (Å²) in [7, 11) is 0. The molecular weight excluding hydrogens is 1400 g/mol. The van der Waals surface area contributed by atoms with Crippen LogP contribution in [0.1, 0.15) is 230 Å². The number of nitrogens with one attached hydrogen (secondary N) is 2. The highest BCUT2D eigenvalue weighted by Gasteiger charge is 2.44. The number of hydrogen-bond acceptors (Lipinski definition) is 3. The first-order valence-corrected chi connectivity index (χ1v) is 42.0. The first-order chi connectivity index (χ1) is 51.6. The first kappa shape index (κ1) is 77.9. The molecule has 0 fully saturated rings. The van der Waals surface area contributed by atoms with E-state index >= 15 is 0 Å². The number of para-hydroxylation sites is 3. The molecule has 0 saturated heterocycles. The van der Waals surface area contributed by atoms with Crippen molar-refractivity contribution in [2.24, 2.45) is 0 Å². The smallest absolute Gasteiger partial charge is 0.0384 e. The highest BCUT2D eigenvalue weighted by molar-refractivity contribution is 9.10. The van der Waals surface area contributed by atoms with Crippen molar-refractivity contribution >= 4 is 60.3 Å². The molecule has 11 aromatic carbocycles. The van der Waals surface area contributed by atoms with Gasteiger partial charge >= 0.3 is 0 Å². The molecule has 0 unspecified atom stereocenters. The van der Waals surface area contributed by atoms with Gasteiger partial charge in [-0.3, -0.25) is 0 Å². The van der Waals surface area contributed by atoms with Gasteiger partial charge in [-0.2, -0.15) is 0 Å². The van der Waals surface area contributed by atoms with Gasteiger partial charge in [0.05, 0.1) is 0 Å². The minimum Gasteiger partial charge on any atom is -0.399 e. The maximum atomic E-state index is 5.36. The Morgan fingerprint density at radius 3 is 0.705 bits per heavy atom. The molecule has 0 spiro atoms. The van der Waals surface area contributed by atoms with Gasteiger partial charge in [-0.25, -0.2) is 0 Å². The maximum Gasteiger partial charge on any atom is 0.0384 e. The molecule has 0 saturated carbocycles. The number of hydrogen-bond donors (Lipinski definition) is 3. The third-order valence-corrected chi connectivity index (χ3v) is 23.3. The summed E-state index contributed by atoms with van der Waals surface area (Å²) in [6.07, 6.45) is 36.8. The van der Waals surface area contributed by atoms with Crippen molar-refractivity contribution in [3.05, 3.63) is 292 Å². The summed E-state index contributed by atoms with van der Waals surface area (Å²) in [6.45, 7) is 9.26. The lowest BCUT2D eigenvalue weighted by Gasteiger charge is -2.33. The van der Waals surface area contributed by atoms with Crippen LogP contribution in [0.3, 0.4) is 0 Å². The van der Waals surface area contributed by atoms with Crippen LogP contribution in [-0.2, 0) is 10.8 Å². The highest BCUT2D eigenvalue weighted by atomic mass is 79.9. The number of anilines is 5. The van der Waals surface area contributed by atoms with Crippen LogP contribution in [0.4, 0.5) is 28.4 Å². The van der Waals surface area contributed by atoms with Crippen LogP contribution in [-0.4, -0.2) is 0 Å². The largest absolute Gasteiger partial charge is 0.399 e. The van der Waals surface area contributed by atoms with Crippen molar-refractivity contribution < 1.29 is 0 Å². The van der Waals surface area contributed by atoms with Crippen LogP contribution in [0.25, 0.3) is 66.8 Å². The number of nitrogens with two attached hydrogens (primary N) is 1. The quantitative estimate of drug-likeness (QED) is 0.0271. The second-order valence-electron chi connectivity index (χ2n) is 29.8. The van der Waals surface area contributed by atoms with Gasteiger partial charge in [0.1, 0.15) is 0 Å². The summed E-state index contributed by atoms with van der Waals surface area (Å²) in [5.41, 5.74) is 33.2. The van der Waals surface area contributed by atoms with Crippen LogP contribution in [0.2, 0.25) is 0 Å². The molecule has 5 heteroatoms. The van der Waals surface area contributed by atoms with E-state index in [1.807, 2.05) is 30.3 Å².